The highest BCUT2D eigenvalue weighted by Crippen LogP contribution is 2.38. The van der Waals surface area contributed by atoms with Crippen LogP contribution in [0.1, 0.15) is 6.92 Å². The lowest BCUT2D eigenvalue weighted by Crippen LogP contribution is -2.37. The molecule has 3 heterocycles. The number of para-hydroxylation sites is 1. The number of benzene rings is 1. The van der Waals surface area contributed by atoms with E-state index in [1.54, 1.807) is 24.5 Å². The first-order chi connectivity index (χ1) is 11.1. The summed E-state index contributed by atoms with van der Waals surface area (Å²) in [5.74, 6) is -2.48. The predicted molar refractivity (Wildman–Crippen MR) is 85.5 cm³/mol. The van der Waals surface area contributed by atoms with Gasteiger partial charge < -0.3 is 0 Å². The van der Waals surface area contributed by atoms with Crippen LogP contribution in [0.25, 0.3) is 0 Å². The second-order valence-electron chi connectivity index (χ2n) is 5.16. The van der Waals surface area contributed by atoms with Crippen molar-refractivity contribution in [3.05, 3.63) is 41.4 Å². The molecule has 0 radical (unpaired) electrons. The average molecular weight is 326 g/mol. The van der Waals surface area contributed by atoms with Crippen LogP contribution in [0.4, 0.5) is 5.69 Å². The van der Waals surface area contributed by atoms with Gasteiger partial charge in [0.05, 0.1) is 17.1 Å². The number of carbonyl (C=O) groups is 3. The molecular formula is C15H10N4O3S. The quantitative estimate of drug-likeness (QED) is 0.768. The Morgan fingerprint density at radius 3 is 2.61 bits per heavy atom. The number of thioether (sulfide) groups is 1. The maximum Gasteiger partial charge on any atom is 0.338 e. The third-order valence-corrected chi connectivity index (χ3v) is 4.59. The molecule has 0 aliphatic carbocycles. The van der Waals surface area contributed by atoms with Gasteiger partial charge in [-0.2, -0.15) is 15.1 Å². The van der Waals surface area contributed by atoms with Crippen LogP contribution in [-0.2, 0) is 14.4 Å². The molecule has 4 rings (SSSR count). The first-order valence-corrected chi connectivity index (χ1v) is 7.74. The smallest absolute Gasteiger partial charge is 0.271 e. The second kappa shape index (κ2) is 4.88. The van der Waals surface area contributed by atoms with E-state index in [4.69, 9.17) is 0 Å². The Bertz CT molecular complexity index is 844. The molecule has 1 unspecified atom stereocenters. The van der Waals surface area contributed by atoms with E-state index in [-0.39, 0.29) is 5.91 Å². The minimum atomic E-state index is -0.807. The van der Waals surface area contributed by atoms with Gasteiger partial charge in [0.1, 0.15) is 5.92 Å². The summed E-state index contributed by atoms with van der Waals surface area (Å²) in [6, 6.07) is 9.06. The van der Waals surface area contributed by atoms with Gasteiger partial charge in [0, 0.05) is 5.41 Å². The normalized spacial score (nSPS) is 23.3. The summed E-state index contributed by atoms with van der Waals surface area (Å²) in [5, 5.41) is 7.61. The van der Waals surface area contributed by atoms with Crippen molar-refractivity contribution in [1.82, 2.24) is 4.90 Å². The number of anilines is 1. The Balaban J connectivity index is 1.68. The van der Waals surface area contributed by atoms with Crippen molar-refractivity contribution in [3.63, 3.8) is 0 Å². The standard InChI is InChI=1S/C15H10N4O3S/c1-8-11(10-7-23-15-16-12(20)14(22)18(10)15)13(21)19(17-8)9-5-3-2-4-6-9/h2-7,11H,1H3. The number of aliphatic imine (C=N–C) groups is 1. The van der Waals surface area contributed by atoms with Crippen molar-refractivity contribution in [3.8, 4) is 0 Å². The van der Waals surface area contributed by atoms with Gasteiger partial charge in [-0.15, -0.1) is 0 Å². The molecule has 0 bridgehead atoms. The summed E-state index contributed by atoms with van der Waals surface area (Å²) in [6.07, 6.45) is 0. The lowest BCUT2D eigenvalue weighted by molar-refractivity contribution is -0.139. The van der Waals surface area contributed by atoms with E-state index >= 15 is 0 Å². The molecule has 8 heteroatoms. The van der Waals surface area contributed by atoms with Crippen molar-refractivity contribution in [2.24, 2.45) is 16.0 Å². The highest BCUT2D eigenvalue weighted by atomic mass is 32.2. The fourth-order valence-electron chi connectivity index (χ4n) is 2.70. The topological polar surface area (TPSA) is 82.4 Å². The summed E-state index contributed by atoms with van der Waals surface area (Å²) >= 11 is 1.16. The Labute approximate surface area is 135 Å². The number of amidine groups is 1. The Hall–Kier alpha value is -2.74. The number of amides is 3. The molecule has 1 atom stereocenters. The zero-order valence-corrected chi connectivity index (χ0v) is 12.8. The lowest BCUT2D eigenvalue weighted by atomic mass is 10.00. The van der Waals surface area contributed by atoms with Gasteiger partial charge >= 0.3 is 11.8 Å². The van der Waals surface area contributed by atoms with Crippen LogP contribution in [0.3, 0.4) is 0 Å². The maximum absolute atomic E-state index is 12.8. The summed E-state index contributed by atoms with van der Waals surface area (Å²) in [5.41, 5.74) is 1.66. The maximum atomic E-state index is 12.8. The number of rotatable bonds is 2. The molecule has 0 spiro atoms. The zero-order valence-electron chi connectivity index (χ0n) is 12.0. The van der Waals surface area contributed by atoms with E-state index < -0.39 is 17.7 Å². The second-order valence-corrected chi connectivity index (χ2v) is 6.00. The highest BCUT2D eigenvalue weighted by molar-refractivity contribution is 8.16. The minimum absolute atomic E-state index is 0.256. The summed E-state index contributed by atoms with van der Waals surface area (Å²) in [7, 11) is 0. The molecule has 7 nitrogen and oxygen atoms in total. The number of fused-ring (bicyclic) bond motifs is 1. The predicted octanol–water partition coefficient (Wildman–Crippen LogP) is 1.34. The SMILES string of the molecule is CC1=NN(c2ccccc2)C(=O)C1C1=CSC2=NC(=O)C(=O)N12. The number of hydrogen-bond donors (Lipinski definition) is 0. The first kappa shape index (κ1) is 13.9. The first-order valence-electron chi connectivity index (χ1n) is 6.86. The van der Waals surface area contributed by atoms with Crippen LogP contribution in [0, 0.1) is 5.92 Å². The molecule has 114 valence electrons. The van der Waals surface area contributed by atoms with Crippen LogP contribution in [-0.4, -0.2) is 33.5 Å². The number of hydrogen-bond acceptors (Lipinski definition) is 5. The van der Waals surface area contributed by atoms with Crippen LogP contribution in [0.15, 0.2) is 51.5 Å². The molecule has 0 aromatic heterocycles. The molecule has 0 saturated carbocycles. The van der Waals surface area contributed by atoms with Crippen LogP contribution < -0.4 is 5.01 Å². The summed E-state index contributed by atoms with van der Waals surface area (Å²) in [6.45, 7) is 1.73. The lowest BCUT2D eigenvalue weighted by Gasteiger charge is -2.19. The molecule has 23 heavy (non-hydrogen) atoms. The Morgan fingerprint density at radius 1 is 1.13 bits per heavy atom. The van der Waals surface area contributed by atoms with Crippen molar-refractivity contribution in [2.45, 2.75) is 6.92 Å². The van der Waals surface area contributed by atoms with Gasteiger partial charge in [-0.1, -0.05) is 30.0 Å². The van der Waals surface area contributed by atoms with Crippen molar-refractivity contribution >= 4 is 46.1 Å². The van der Waals surface area contributed by atoms with Crippen molar-refractivity contribution in [1.29, 1.82) is 0 Å². The summed E-state index contributed by atoms with van der Waals surface area (Å²) < 4.78 is 0. The average Bonchev–Trinajstić information content (AvgIpc) is 3.16. The Morgan fingerprint density at radius 2 is 1.87 bits per heavy atom. The largest absolute Gasteiger partial charge is 0.338 e. The molecule has 0 N–H and O–H groups in total. The Kier molecular flexibility index (Phi) is 2.95. The van der Waals surface area contributed by atoms with Gasteiger partial charge in [0.25, 0.3) is 5.91 Å². The minimum Gasteiger partial charge on any atom is -0.271 e. The van der Waals surface area contributed by atoms with E-state index in [2.05, 4.69) is 10.1 Å². The van der Waals surface area contributed by atoms with Gasteiger partial charge in [0.15, 0.2) is 5.17 Å². The monoisotopic (exact) mass is 326 g/mol. The highest BCUT2D eigenvalue weighted by Gasteiger charge is 2.47. The van der Waals surface area contributed by atoms with E-state index in [0.29, 0.717) is 22.3 Å². The molecule has 3 aliphatic rings. The van der Waals surface area contributed by atoms with E-state index in [0.717, 1.165) is 11.8 Å². The van der Waals surface area contributed by atoms with Crippen LogP contribution in [0.2, 0.25) is 0 Å². The third-order valence-electron chi connectivity index (χ3n) is 3.75. The van der Waals surface area contributed by atoms with E-state index in [1.807, 2.05) is 18.2 Å². The van der Waals surface area contributed by atoms with Gasteiger partial charge in [-0.25, -0.2) is 0 Å². The van der Waals surface area contributed by atoms with Crippen molar-refractivity contribution in [2.75, 3.05) is 5.01 Å². The van der Waals surface area contributed by atoms with Crippen molar-refractivity contribution < 1.29 is 14.4 Å². The fourth-order valence-corrected chi connectivity index (χ4v) is 3.59. The molecule has 1 aromatic rings. The molecular weight excluding hydrogens is 316 g/mol. The molecule has 1 aromatic carbocycles. The van der Waals surface area contributed by atoms with E-state index in [9.17, 15) is 14.4 Å². The molecule has 3 amide bonds. The summed E-state index contributed by atoms with van der Waals surface area (Å²) in [4.78, 5) is 41.1. The molecule has 0 saturated heterocycles. The zero-order chi connectivity index (χ0) is 16.1. The van der Waals surface area contributed by atoms with Gasteiger partial charge in [-0.3, -0.25) is 19.3 Å². The van der Waals surface area contributed by atoms with E-state index in [1.165, 1.54) is 9.91 Å². The number of nitrogens with zero attached hydrogens (tertiary/aromatic N) is 4. The number of carbonyl (C=O) groups excluding carboxylic acids is 3. The van der Waals surface area contributed by atoms with Crippen LogP contribution >= 0.6 is 11.8 Å². The molecule has 3 aliphatic heterocycles. The third kappa shape index (κ3) is 1.95. The van der Waals surface area contributed by atoms with Gasteiger partial charge in [-0.05, 0) is 19.1 Å². The molecule has 0 fully saturated rings. The van der Waals surface area contributed by atoms with Gasteiger partial charge in [0.2, 0.25) is 0 Å². The fraction of sp³-hybridized carbons (Fsp3) is 0.133. The van der Waals surface area contributed by atoms with Crippen LogP contribution in [0.5, 0.6) is 0 Å². The number of hydrazone groups is 1.